The van der Waals surface area contributed by atoms with Crippen LogP contribution in [0.1, 0.15) is 6.92 Å². The third kappa shape index (κ3) is 3.39. The lowest BCUT2D eigenvalue weighted by molar-refractivity contribution is -0.319. The van der Waals surface area contributed by atoms with Gasteiger partial charge in [-0.2, -0.15) is 0 Å². The molecular formula is C14H24N2O9. The van der Waals surface area contributed by atoms with Crippen LogP contribution in [0, 0.1) is 0 Å². The van der Waals surface area contributed by atoms with Crippen molar-refractivity contribution >= 4 is 5.90 Å². The predicted octanol–water partition coefficient (Wildman–Crippen LogP) is -3.97. The van der Waals surface area contributed by atoms with Gasteiger partial charge in [-0.3, -0.25) is 0 Å². The van der Waals surface area contributed by atoms with Gasteiger partial charge < -0.3 is 50.2 Å². The third-order valence-electron chi connectivity index (χ3n) is 4.66. The molecule has 10 atom stereocenters. The summed E-state index contributed by atoms with van der Waals surface area (Å²) in [5, 5.41) is 49.2. The zero-order chi connectivity index (χ0) is 18.3. The molecule has 10 unspecified atom stereocenters. The van der Waals surface area contributed by atoms with E-state index < -0.39 is 74.5 Å². The fraction of sp³-hybridized carbons (Fsp3) is 0.929. The molecule has 7 N–H and O–H groups in total. The number of nitrogens with two attached hydrogens (primary N) is 1. The van der Waals surface area contributed by atoms with E-state index in [4.69, 9.17) is 24.7 Å². The van der Waals surface area contributed by atoms with E-state index in [0.29, 0.717) is 5.90 Å². The van der Waals surface area contributed by atoms with Gasteiger partial charge in [0, 0.05) is 6.92 Å². The molecule has 144 valence electrons. The zero-order valence-electron chi connectivity index (χ0n) is 13.6. The topological polar surface area (TPSA) is 176 Å². The van der Waals surface area contributed by atoms with Crippen LogP contribution >= 0.6 is 0 Å². The van der Waals surface area contributed by atoms with Gasteiger partial charge in [0.25, 0.3) is 0 Å². The lowest BCUT2D eigenvalue weighted by Gasteiger charge is -2.45. The molecule has 25 heavy (non-hydrogen) atoms. The number of aliphatic hydroxyl groups is 5. The molecule has 3 aliphatic rings. The van der Waals surface area contributed by atoms with Gasteiger partial charge in [-0.1, -0.05) is 0 Å². The summed E-state index contributed by atoms with van der Waals surface area (Å²) >= 11 is 0. The van der Waals surface area contributed by atoms with E-state index in [9.17, 15) is 25.5 Å². The number of hydrogen-bond acceptors (Lipinski definition) is 11. The Morgan fingerprint density at radius 1 is 1.04 bits per heavy atom. The molecule has 3 heterocycles. The van der Waals surface area contributed by atoms with E-state index in [2.05, 4.69) is 4.99 Å². The standard InChI is InChI=1S/C14H24N2O9/c1-4-16-8-11(21)12(6(3-18)24-14(8)22-4)25-13-7(15)10(20)9(19)5(2-17)23-13/h5-14,17-21H,2-3,15H2,1H3. The Hall–Kier alpha value is -0.890. The average Bonchev–Trinajstić information content (AvgIpc) is 2.97. The van der Waals surface area contributed by atoms with Gasteiger partial charge in [0.2, 0.25) is 6.29 Å². The second-order valence-corrected chi connectivity index (χ2v) is 6.36. The number of rotatable bonds is 4. The number of hydrogen-bond donors (Lipinski definition) is 6. The fourth-order valence-electron chi connectivity index (χ4n) is 3.24. The van der Waals surface area contributed by atoms with Gasteiger partial charge in [0.1, 0.15) is 42.7 Å². The van der Waals surface area contributed by atoms with Gasteiger partial charge >= 0.3 is 0 Å². The third-order valence-corrected chi connectivity index (χ3v) is 4.66. The summed E-state index contributed by atoms with van der Waals surface area (Å²) in [6.45, 7) is 0.589. The molecule has 3 aliphatic heterocycles. The summed E-state index contributed by atoms with van der Waals surface area (Å²) in [5.41, 5.74) is 5.83. The summed E-state index contributed by atoms with van der Waals surface area (Å²) in [6.07, 6.45) is -9.12. The van der Waals surface area contributed by atoms with E-state index >= 15 is 0 Å². The van der Waals surface area contributed by atoms with Crippen molar-refractivity contribution in [3.05, 3.63) is 0 Å². The van der Waals surface area contributed by atoms with E-state index in [1.165, 1.54) is 0 Å². The van der Waals surface area contributed by atoms with E-state index in [1.807, 2.05) is 0 Å². The molecule has 2 fully saturated rings. The normalized spacial score (nSPS) is 50.1. The number of ether oxygens (including phenoxy) is 4. The van der Waals surface area contributed by atoms with Crippen LogP contribution in [0.25, 0.3) is 0 Å². The van der Waals surface area contributed by atoms with Gasteiger partial charge in [-0.15, -0.1) is 0 Å². The minimum Gasteiger partial charge on any atom is -0.450 e. The number of aliphatic hydroxyl groups excluding tert-OH is 5. The van der Waals surface area contributed by atoms with Crippen LogP contribution in [0.15, 0.2) is 4.99 Å². The minimum atomic E-state index is -1.40. The van der Waals surface area contributed by atoms with Crippen molar-refractivity contribution in [1.29, 1.82) is 0 Å². The molecule has 3 rings (SSSR count). The Morgan fingerprint density at radius 2 is 1.72 bits per heavy atom. The maximum absolute atomic E-state index is 10.6. The first-order valence-corrected chi connectivity index (χ1v) is 8.06. The lowest BCUT2D eigenvalue weighted by atomic mass is 9.95. The summed E-state index contributed by atoms with van der Waals surface area (Å²) < 4.78 is 21.9. The van der Waals surface area contributed by atoms with Crippen LogP contribution < -0.4 is 5.73 Å². The highest BCUT2D eigenvalue weighted by Gasteiger charge is 2.52. The molecule has 0 spiro atoms. The van der Waals surface area contributed by atoms with Crippen molar-refractivity contribution in [3.8, 4) is 0 Å². The molecule has 0 aromatic heterocycles. The maximum Gasteiger partial charge on any atom is 0.227 e. The van der Waals surface area contributed by atoms with Gasteiger partial charge in [0.05, 0.1) is 19.3 Å². The minimum absolute atomic E-state index is 0.343. The Bertz CT molecular complexity index is 505. The summed E-state index contributed by atoms with van der Waals surface area (Å²) in [6, 6.07) is -1.87. The second-order valence-electron chi connectivity index (χ2n) is 6.36. The van der Waals surface area contributed by atoms with Crippen molar-refractivity contribution in [2.75, 3.05) is 13.2 Å². The fourth-order valence-corrected chi connectivity index (χ4v) is 3.24. The molecule has 0 radical (unpaired) electrons. The quantitative estimate of drug-likeness (QED) is 0.288. The molecule has 0 amide bonds. The highest BCUT2D eigenvalue weighted by atomic mass is 16.7. The van der Waals surface area contributed by atoms with Gasteiger partial charge in [-0.25, -0.2) is 4.99 Å². The van der Waals surface area contributed by atoms with Crippen molar-refractivity contribution in [2.45, 2.75) is 68.2 Å². The van der Waals surface area contributed by atoms with E-state index in [-0.39, 0.29) is 0 Å². The first-order valence-electron chi connectivity index (χ1n) is 8.06. The monoisotopic (exact) mass is 364 g/mol. The Balaban J connectivity index is 1.75. The average molecular weight is 364 g/mol. The SMILES string of the molecule is CC1=NC2C(O1)OC(CO)C(OC1OC(CO)C(O)C(O)C1N)C2O. The van der Waals surface area contributed by atoms with Crippen LogP contribution in [0.3, 0.4) is 0 Å². The molecule has 0 aromatic carbocycles. The zero-order valence-corrected chi connectivity index (χ0v) is 13.6. The molecular weight excluding hydrogens is 340 g/mol. The maximum atomic E-state index is 10.6. The Kier molecular flexibility index (Phi) is 5.58. The highest BCUT2D eigenvalue weighted by Crippen LogP contribution is 2.32. The van der Waals surface area contributed by atoms with Crippen LogP contribution in [0.2, 0.25) is 0 Å². The van der Waals surface area contributed by atoms with E-state index in [1.54, 1.807) is 6.92 Å². The highest BCUT2D eigenvalue weighted by molar-refractivity contribution is 5.75. The van der Waals surface area contributed by atoms with Crippen LogP contribution in [0.4, 0.5) is 0 Å². The van der Waals surface area contributed by atoms with Crippen molar-refractivity contribution in [1.82, 2.24) is 0 Å². The van der Waals surface area contributed by atoms with Crippen LogP contribution in [0.5, 0.6) is 0 Å². The molecule has 0 aliphatic carbocycles. The Labute approximate surface area is 143 Å². The first-order chi connectivity index (χ1) is 11.9. The number of aliphatic imine (C=N–C) groups is 1. The van der Waals surface area contributed by atoms with E-state index in [0.717, 1.165) is 0 Å². The lowest BCUT2D eigenvalue weighted by Crippen LogP contribution is -2.65. The van der Waals surface area contributed by atoms with Crippen molar-refractivity contribution in [3.63, 3.8) is 0 Å². The molecule has 11 nitrogen and oxygen atoms in total. The second kappa shape index (κ2) is 7.39. The van der Waals surface area contributed by atoms with Gasteiger partial charge in [-0.05, 0) is 0 Å². The molecule has 0 saturated carbocycles. The summed E-state index contributed by atoms with van der Waals surface area (Å²) in [7, 11) is 0. The number of fused-ring (bicyclic) bond motifs is 1. The first kappa shape index (κ1) is 18.9. The largest absolute Gasteiger partial charge is 0.450 e. The summed E-state index contributed by atoms with van der Waals surface area (Å²) in [5.74, 6) is 0.343. The smallest absolute Gasteiger partial charge is 0.227 e. The van der Waals surface area contributed by atoms with Crippen molar-refractivity contribution < 1.29 is 44.5 Å². The van der Waals surface area contributed by atoms with Crippen LogP contribution in [-0.4, -0.2) is 106 Å². The molecule has 11 heteroatoms. The summed E-state index contributed by atoms with van der Waals surface area (Å²) in [4.78, 5) is 4.14. The number of nitrogens with zero attached hydrogens (tertiary/aromatic N) is 1. The molecule has 2 saturated heterocycles. The molecule has 0 aromatic rings. The van der Waals surface area contributed by atoms with Crippen LogP contribution in [-0.2, 0) is 18.9 Å². The molecule has 0 bridgehead atoms. The Morgan fingerprint density at radius 3 is 2.36 bits per heavy atom. The van der Waals surface area contributed by atoms with Crippen molar-refractivity contribution in [2.24, 2.45) is 10.7 Å². The van der Waals surface area contributed by atoms with Gasteiger partial charge in [0.15, 0.2) is 12.2 Å². The predicted molar refractivity (Wildman–Crippen MR) is 80.3 cm³/mol.